The summed E-state index contributed by atoms with van der Waals surface area (Å²) in [6.45, 7) is 4.07. The highest BCUT2D eigenvalue weighted by molar-refractivity contribution is 5.95. The molecule has 0 radical (unpaired) electrons. The first kappa shape index (κ1) is 13.3. The SMILES string of the molecule is CCCC[C@]1(C)O[C@@H](CCc2ccccc2)C1=O. The molecule has 2 heteroatoms. The van der Waals surface area contributed by atoms with Crippen LogP contribution >= 0.6 is 0 Å². The van der Waals surface area contributed by atoms with Crippen LogP contribution in [0.25, 0.3) is 0 Å². The van der Waals surface area contributed by atoms with Gasteiger partial charge in [0, 0.05) is 0 Å². The number of rotatable bonds is 6. The summed E-state index contributed by atoms with van der Waals surface area (Å²) in [7, 11) is 0. The van der Waals surface area contributed by atoms with Crippen LogP contribution in [0.2, 0.25) is 0 Å². The zero-order valence-electron chi connectivity index (χ0n) is 11.3. The van der Waals surface area contributed by atoms with Gasteiger partial charge in [0.15, 0.2) is 5.78 Å². The lowest BCUT2D eigenvalue weighted by molar-refractivity contribution is -0.200. The molecule has 1 aliphatic heterocycles. The van der Waals surface area contributed by atoms with Crippen LogP contribution in [-0.4, -0.2) is 17.5 Å². The predicted octanol–water partition coefficient (Wildman–Crippen LogP) is 3.54. The van der Waals surface area contributed by atoms with Crippen molar-refractivity contribution in [3.8, 4) is 0 Å². The summed E-state index contributed by atoms with van der Waals surface area (Å²) in [5, 5.41) is 0. The lowest BCUT2D eigenvalue weighted by Gasteiger charge is -2.43. The lowest BCUT2D eigenvalue weighted by atomic mass is 9.82. The van der Waals surface area contributed by atoms with Crippen molar-refractivity contribution in [3.63, 3.8) is 0 Å². The van der Waals surface area contributed by atoms with Crippen molar-refractivity contribution in [3.05, 3.63) is 35.9 Å². The minimum Gasteiger partial charge on any atom is -0.356 e. The fourth-order valence-corrected chi connectivity index (χ4v) is 2.54. The number of aryl methyl sites for hydroxylation is 1. The third-order valence-corrected chi connectivity index (χ3v) is 3.76. The molecular formula is C16H22O2. The van der Waals surface area contributed by atoms with Crippen molar-refractivity contribution in [1.82, 2.24) is 0 Å². The minimum atomic E-state index is -0.489. The number of carbonyl (C=O) groups is 1. The van der Waals surface area contributed by atoms with Crippen LogP contribution in [0, 0.1) is 0 Å². The highest BCUT2D eigenvalue weighted by Gasteiger charge is 2.50. The van der Waals surface area contributed by atoms with Crippen LogP contribution < -0.4 is 0 Å². The van der Waals surface area contributed by atoms with E-state index in [1.54, 1.807) is 0 Å². The van der Waals surface area contributed by atoms with E-state index in [0.717, 1.165) is 32.1 Å². The number of Topliss-reactive ketones (excluding diaryl/α,β-unsaturated/α-hetero) is 1. The molecule has 1 saturated heterocycles. The van der Waals surface area contributed by atoms with Crippen molar-refractivity contribution in [1.29, 1.82) is 0 Å². The number of hydrogen-bond acceptors (Lipinski definition) is 2. The second kappa shape index (κ2) is 5.66. The Morgan fingerprint density at radius 3 is 2.61 bits per heavy atom. The molecule has 1 aromatic rings. The molecule has 1 heterocycles. The zero-order valence-corrected chi connectivity index (χ0v) is 11.3. The summed E-state index contributed by atoms with van der Waals surface area (Å²) < 4.78 is 5.81. The monoisotopic (exact) mass is 246 g/mol. The Morgan fingerprint density at radius 1 is 1.28 bits per heavy atom. The third kappa shape index (κ3) is 2.81. The van der Waals surface area contributed by atoms with E-state index in [1.165, 1.54) is 5.56 Å². The number of hydrogen-bond donors (Lipinski definition) is 0. The number of unbranched alkanes of at least 4 members (excludes halogenated alkanes) is 1. The summed E-state index contributed by atoms with van der Waals surface area (Å²) in [5.41, 5.74) is 0.785. The van der Waals surface area contributed by atoms with Crippen molar-refractivity contribution in [2.75, 3.05) is 0 Å². The zero-order chi connectivity index (χ0) is 13.0. The summed E-state index contributed by atoms with van der Waals surface area (Å²) in [6, 6.07) is 10.3. The number of ether oxygens (including phenoxy) is 1. The molecule has 0 N–H and O–H groups in total. The quantitative estimate of drug-likeness (QED) is 0.767. The van der Waals surface area contributed by atoms with E-state index in [1.807, 2.05) is 25.1 Å². The van der Waals surface area contributed by atoms with Gasteiger partial charge in [0.05, 0.1) is 0 Å². The first-order valence-electron chi connectivity index (χ1n) is 6.92. The maximum atomic E-state index is 12.1. The van der Waals surface area contributed by atoms with Crippen LogP contribution in [0.3, 0.4) is 0 Å². The molecule has 2 rings (SSSR count). The van der Waals surface area contributed by atoms with Crippen LogP contribution in [0.15, 0.2) is 30.3 Å². The molecular weight excluding hydrogens is 224 g/mol. The van der Waals surface area contributed by atoms with Gasteiger partial charge in [0.1, 0.15) is 11.7 Å². The van der Waals surface area contributed by atoms with Crippen LogP contribution in [0.5, 0.6) is 0 Å². The van der Waals surface area contributed by atoms with Gasteiger partial charge >= 0.3 is 0 Å². The van der Waals surface area contributed by atoms with Crippen molar-refractivity contribution >= 4 is 5.78 Å². The van der Waals surface area contributed by atoms with E-state index < -0.39 is 5.60 Å². The van der Waals surface area contributed by atoms with Gasteiger partial charge < -0.3 is 4.74 Å². The average molecular weight is 246 g/mol. The van der Waals surface area contributed by atoms with Gasteiger partial charge in [-0.3, -0.25) is 4.79 Å². The molecule has 98 valence electrons. The molecule has 1 aliphatic rings. The predicted molar refractivity (Wildman–Crippen MR) is 72.6 cm³/mol. The molecule has 0 aliphatic carbocycles. The third-order valence-electron chi connectivity index (χ3n) is 3.76. The molecule has 1 aromatic carbocycles. The average Bonchev–Trinajstić information content (AvgIpc) is 2.42. The van der Waals surface area contributed by atoms with E-state index >= 15 is 0 Å². The van der Waals surface area contributed by atoms with Crippen LogP contribution in [-0.2, 0) is 16.0 Å². The van der Waals surface area contributed by atoms with Crippen LogP contribution in [0.1, 0.15) is 45.1 Å². The molecule has 0 saturated carbocycles. The molecule has 18 heavy (non-hydrogen) atoms. The molecule has 0 amide bonds. The summed E-state index contributed by atoms with van der Waals surface area (Å²) in [4.78, 5) is 12.1. The Labute approximate surface area is 109 Å². The maximum Gasteiger partial charge on any atom is 0.193 e. The van der Waals surface area contributed by atoms with E-state index in [-0.39, 0.29) is 6.10 Å². The Kier molecular flexibility index (Phi) is 4.18. The topological polar surface area (TPSA) is 26.3 Å². The first-order valence-corrected chi connectivity index (χ1v) is 6.92. The van der Waals surface area contributed by atoms with Crippen molar-refractivity contribution < 1.29 is 9.53 Å². The second-order valence-corrected chi connectivity index (χ2v) is 5.33. The standard InChI is InChI=1S/C16H22O2/c1-3-4-12-16(2)15(17)14(18-16)11-10-13-8-6-5-7-9-13/h5-9,14H,3-4,10-12H2,1-2H3/t14-,16-/m0/s1. The molecule has 2 atom stereocenters. The van der Waals surface area contributed by atoms with Crippen LogP contribution in [0.4, 0.5) is 0 Å². The highest BCUT2D eigenvalue weighted by atomic mass is 16.5. The smallest absolute Gasteiger partial charge is 0.193 e. The van der Waals surface area contributed by atoms with E-state index in [0.29, 0.717) is 5.78 Å². The van der Waals surface area contributed by atoms with E-state index in [2.05, 4.69) is 19.1 Å². The molecule has 2 nitrogen and oxygen atoms in total. The van der Waals surface area contributed by atoms with Gasteiger partial charge in [-0.2, -0.15) is 0 Å². The molecule has 0 unspecified atom stereocenters. The summed E-state index contributed by atoms with van der Waals surface area (Å²) in [6.07, 6.45) is 4.59. The van der Waals surface area contributed by atoms with E-state index in [4.69, 9.17) is 4.74 Å². The highest BCUT2D eigenvalue weighted by Crippen LogP contribution is 2.35. The largest absolute Gasteiger partial charge is 0.356 e. The molecule has 0 bridgehead atoms. The molecule has 0 spiro atoms. The van der Waals surface area contributed by atoms with Gasteiger partial charge in [0.25, 0.3) is 0 Å². The molecule has 0 aromatic heterocycles. The maximum absolute atomic E-state index is 12.1. The normalized spacial score (nSPS) is 27.0. The Hall–Kier alpha value is -1.15. The number of ketones is 1. The minimum absolute atomic E-state index is 0.174. The lowest BCUT2D eigenvalue weighted by Crippen LogP contribution is -2.59. The second-order valence-electron chi connectivity index (χ2n) is 5.33. The summed E-state index contributed by atoms with van der Waals surface area (Å²) >= 11 is 0. The molecule has 1 fully saturated rings. The Morgan fingerprint density at radius 2 is 2.00 bits per heavy atom. The van der Waals surface area contributed by atoms with Crippen molar-refractivity contribution in [2.45, 2.75) is 57.7 Å². The van der Waals surface area contributed by atoms with Gasteiger partial charge in [-0.15, -0.1) is 0 Å². The number of benzene rings is 1. The number of carbonyl (C=O) groups excluding carboxylic acids is 1. The van der Waals surface area contributed by atoms with Crippen molar-refractivity contribution in [2.24, 2.45) is 0 Å². The van der Waals surface area contributed by atoms with Gasteiger partial charge in [-0.05, 0) is 31.7 Å². The van der Waals surface area contributed by atoms with Gasteiger partial charge in [-0.1, -0.05) is 50.1 Å². The van der Waals surface area contributed by atoms with Gasteiger partial charge in [-0.25, -0.2) is 0 Å². The fourth-order valence-electron chi connectivity index (χ4n) is 2.54. The van der Waals surface area contributed by atoms with Gasteiger partial charge in [0.2, 0.25) is 0 Å². The Bertz CT molecular complexity index is 399. The van der Waals surface area contributed by atoms with E-state index in [9.17, 15) is 4.79 Å². The summed E-state index contributed by atoms with van der Waals surface area (Å²) in [5.74, 6) is 0.298. The first-order chi connectivity index (χ1) is 8.65. The Balaban J connectivity index is 1.79. The fraction of sp³-hybridized carbons (Fsp3) is 0.562.